The van der Waals surface area contributed by atoms with Gasteiger partial charge in [-0.3, -0.25) is 9.59 Å². The molecule has 0 N–H and O–H groups in total. The van der Waals surface area contributed by atoms with Gasteiger partial charge in [0.15, 0.2) is 0 Å². The average molecular weight is 507 g/mol. The van der Waals surface area contributed by atoms with Crippen molar-refractivity contribution in [2.24, 2.45) is 0 Å². The maximum Gasteiger partial charge on any atom is 0.283 e. The first-order valence-corrected chi connectivity index (χ1v) is 13.6. The first-order chi connectivity index (χ1) is 11.0. The van der Waals surface area contributed by atoms with Crippen LogP contribution < -0.4 is 0 Å². The molecule has 0 unspecified atom stereocenters. The molecule has 0 aromatic heterocycles. The van der Waals surface area contributed by atoms with E-state index in [0.29, 0.717) is 24.3 Å². The Morgan fingerprint density at radius 1 is 0.870 bits per heavy atom. The molecule has 136 valence electrons. The van der Waals surface area contributed by atoms with Crippen molar-refractivity contribution in [2.45, 2.75) is 61.2 Å². The van der Waals surface area contributed by atoms with Crippen LogP contribution >= 0.6 is 25.3 Å². The van der Waals surface area contributed by atoms with E-state index >= 15 is 0 Å². The van der Waals surface area contributed by atoms with Crippen molar-refractivity contribution in [3.8, 4) is 0 Å². The molecule has 0 fully saturated rings. The van der Waals surface area contributed by atoms with Crippen LogP contribution in [-0.2, 0) is 43.8 Å². The number of hydrogen-bond donors (Lipinski definition) is 2. The van der Waals surface area contributed by atoms with Crippen LogP contribution in [0, 0.1) is 0 Å². The molecule has 0 bridgehead atoms. The van der Waals surface area contributed by atoms with E-state index < -0.39 is 0 Å². The smallest absolute Gasteiger partial charge is 0.283 e. The third-order valence-corrected chi connectivity index (χ3v) is 7.09. The molecule has 0 amide bonds. The molecule has 0 heterocycles. The van der Waals surface area contributed by atoms with Gasteiger partial charge in [-0.1, -0.05) is 0 Å². The van der Waals surface area contributed by atoms with Crippen molar-refractivity contribution < 1.29 is 18.0 Å². The standard InChI is InChI=1S/2C4H9.2C3H6O2S2.Sn/c2*1-3-4-2;2*4-3(5-7)1-2-6;/h2*1,3-4H2,2H3;2*6-7H,1-2H2;/q;;;;+2/p-2. The van der Waals surface area contributed by atoms with Crippen molar-refractivity contribution in [3.05, 3.63) is 0 Å². The van der Waals surface area contributed by atoms with E-state index in [1.54, 1.807) is 8.87 Å². The van der Waals surface area contributed by atoms with Crippen molar-refractivity contribution in [1.82, 2.24) is 0 Å². The second-order valence-corrected chi connectivity index (χ2v) is 9.82. The number of carbonyl (C=O) groups excluding carboxylic acids is 2. The molecule has 0 aliphatic carbocycles. The maximum absolute atomic E-state index is 10.0. The minimum absolute atomic E-state index is 0.149. The van der Waals surface area contributed by atoms with Gasteiger partial charge in [0.25, 0.3) is 11.9 Å². The van der Waals surface area contributed by atoms with E-state index in [1.807, 2.05) is 0 Å². The number of rotatable bonds is 10. The van der Waals surface area contributed by atoms with E-state index in [0.717, 1.165) is 0 Å². The van der Waals surface area contributed by atoms with Gasteiger partial charge in [-0.2, -0.15) is 25.3 Å². The van der Waals surface area contributed by atoms with Crippen molar-refractivity contribution in [3.63, 3.8) is 0 Å². The fourth-order valence-corrected chi connectivity index (χ4v) is 5.69. The molecule has 0 aliphatic heterocycles. The fourth-order valence-electron chi connectivity index (χ4n) is 0.994. The maximum atomic E-state index is 10.0. The third-order valence-electron chi connectivity index (χ3n) is 2.23. The summed E-state index contributed by atoms with van der Waals surface area (Å²) >= 11 is 15.6. The van der Waals surface area contributed by atoms with E-state index in [-0.39, 0.29) is 33.1 Å². The monoisotopic (exact) mass is 508 g/mol. The molecule has 0 aromatic carbocycles. The van der Waals surface area contributed by atoms with Crippen LogP contribution in [0.5, 0.6) is 0 Å². The molecule has 23 heavy (non-hydrogen) atoms. The summed E-state index contributed by atoms with van der Waals surface area (Å²) in [6.45, 7) is 4.58. The molecule has 0 aliphatic rings. The molecule has 0 saturated carbocycles. The first-order valence-electron chi connectivity index (χ1n) is 7.61. The third kappa shape index (κ3) is 35.2. The van der Waals surface area contributed by atoms with Crippen LogP contribution in [0.3, 0.4) is 0 Å². The minimum Gasteiger partial charge on any atom is -0.615 e. The van der Waals surface area contributed by atoms with Crippen LogP contribution in [0.1, 0.15) is 52.4 Å². The minimum atomic E-state index is -0.384. The average Bonchev–Trinajstić information content (AvgIpc) is 2.56. The summed E-state index contributed by atoms with van der Waals surface area (Å²) in [5.74, 6) is 0.223. The van der Waals surface area contributed by atoms with Gasteiger partial charge in [-0.25, -0.2) is 0 Å². The molecule has 4 nitrogen and oxygen atoms in total. The number of unbranched alkanes of at least 4 members (excludes halogenated alkanes) is 2. The SMILES string of the molecule is CCC[CH2][Sn+2][CH2]CCC.O=C(CCS)O[S-].O=C(CCS)O[S-]. The number of carbonyl (C=O) groups is 2. The number of hydrogen-bond acceptors (Lipinski definition) is 8. The van der Waals surface area contributed by atoms with Gasteiger partial charge in [-0.05, 0) is 0 Å². The predicted octanol–water partition coefficient (Wildman–Crippen LogP) is 3.75. The predicted molar refractivity (Wildman–Crippen MR) is 109 cm³/mol. The van der Waals surface area contributed by atoms with Crippen LogP contribution in [0.2, 0.25) is 8.87 Å². The molecule has 0 radical (unpaired) electrons. The van der Waals surface area contributed by atoms with Crippen molar-refractivity contribution in [1.29, 1.82) is 0 Å². The second kappa shape index (κ2) is 28.0. The van der Waals surface area contributed by atoms with Crippen LogP contribution in [0.4, 0.5) is 0 Å². The van der Waals surface area contributed by atoms with E-state index in [4.69, 9.17) is 0 Å². The summed E-state index contributed by atoms with van der Waals surface area (Å²) in [4.78, 5) is 20.1. The van der Waals surface area contributed by atoms with Crippen LogP contribution in [-0.4, -0.2) is 44.6 Å². The molecular weight excluding hydrogens is 479 g/mol. The van der Waals surface area contributed by atoms with Crippen molar-refractivity contribution in [2.75, 3.05) is 11.5 Å². The number of thiol groups is 2. The summed E-state index contributed by atoms with van der Waals surface area (Å²) in [6, 6.07) is 0. The quantitative estimate of drug-likeness (QED) is 0.204. The summed E-state index contributed by atoms with van der Waals surface area (Å²) in [7, 11) is 0. The van der Waals surface area contributed by atoms with Crippen molar-refractivity contribution >= 4 is 84.2 Å². The Balaban J connectivity index is -0.000000264. The van der Waals surface area contributed by atoms with E-state index in [2.05, 4.69) is 73.3 Å². The van der Waals surface area contributed by atoms with E-state index in [1.165, 1.54) is 25.7 Å². The first kappa shape index (κ1) is 28.9. The topological polar surface area (TPSA) is 52.6 Å². The van der Waals surface area contributed by atoms with Gasteiger partial charge in [0.05, 0.1) is 12.8 Å². The largest absolute Gasteiger partial charge is 0.615 e. The van der Waals surface area contributed by atoms with Gasteiger partial charge >= 0.3 is 69.5 Å². The van der Waals surface area contributed by atoms with Gasteiger partial charge < -0.3 is 34.2 Å². The zero-order valence-corrected chi connectivity index (χ0v) is 20.2. The zero-order valence-electron chi connectivity index (χ0n) is 13.9. The Morgan fingerprint density at radius 3 is 1.39 bits per heavy atom. The van der Waals surface area contributed by atoms with Gasteiger partial charge in [-0.15, -0.1) is 0 Å². The molecule has 0 aromatic rings. The molecular formula is C14H28O4S4Sn. The van der Waals surface area contributed by atoms with Gasteiger partial charge in [0.1, 0.15) is 0 Å². The van der Waals surface area contributed by atoms with E-state index in [9.17, 15) is 9.59 Å². The van der Waals surface area contributed by atoms with Gasteiger partial charge in [0, 0.05) is 11.5 Å². The Bertz CT molecular complexity index is 235. The van der Waals surface area contributed by atoms with Crippen LogP contribution in [0.25, 0.3) is 0 Å². The Kier molecular flexibility index (Phi) is 35.2. The summed E-state index contributed by atoms with van der Waals surface area (Å²) in [6.07, 6.45) is 6.44. The fraction of sp³-hybridized carbons (Fsp3) is 0.857. The summed E-state index contributed by atoms with van der Waals surface area (Å²) < 4.78 is 11.0. The Labute approximate surface area is 173 Å². The Morgan fingerprint density at radius 2 is 1.22 bits per heavy atom. The molecule has 0 saturated heterocycles. The molecule has 9 heteroatoms. The normalized spacial score (nSPS) is 8.61. The Hall–Kier alpha value is 1.14. The molecule has 0 spiro atoms. The molecule has 0 rings (SSSR count). The summed E-state index contributed by atoms with van der Waals surface area (Å²) in [5, 5.41) is 0. The second-order valence-electron chi connectivity index (χ2n) is 4.32. The van der Waals surface area contributed by atoms with Gasteiger partial charge in [0.2, 0.25) is 0 Å². The van der Waals surface area contributed by atoms with Crippen LogP contribution in [0.15, 0.2) is 0 Å². The zero-order chi connectivity index (χ0) is 18.3. The summed E-state index contributed by atoms with van der Waals surface area (Å²) in [5.41, 5.74) is 0. The molecule has 0 atom stereocenters.